The molecule has 0 aliphatic carbocycles. The molecular weight excluding hydrogens is 238 g/mol. The fourth-order valence-corrected chi connectivity index (χ4v) is 2.03. The molecule has 7 heteroatoms. The van der Waals surface area contributed by atoms with Gasteiger partial charge in [-0.1, -0.05) is 0 Å². The summed E-state index contributed by atoms with van der Waals surface area (Å²) in [6.45, 7) is 0.0694. The van der Waals surface area contributed by atoms with Gasteiger partial charge in [0, 0.05) is 6.20 Å². The molecular formula is C10H9N5OS. The van der Waals surface area contributed by atoms with Crippen LogP contribution in [0, 0.1) is 11.3 Å². The lowest BCUT2D eigenvalue weighted by molar-refractivity contribution is -0.116. The maximum absolute atomic E-state index is 11.6. The van der Waals surface area contributed by atoms with Crippen LogP contribution >= 0.6 is 11.3 Å². The summed E-state index contributed by atoms with van der Waals surface area (Å²) in [5.74, 6) is 0.124. The molecule has 0 atom stereocenters. The van der Waals surface area contributed by atoms with Crippen LogP contribution in [0.5, 0.6) is 0 Å². The Morgan fingerprint density at radius 1 is 1.65 bits per heavy atom. The molecule has 6 nitrogen and oxygen atoms in total. The second-order valence-corrected chi connectivity index (χ2v) is 4.18. The topological polar surface area (TPSA) is 96.7 Å². The van der Waals surface area contributed by atoms with Gasteiger partial charge in [-0.3, -0.25) is 9.48 Å². The van der Waals surface area contributed by atoms with E-state index in [0.717, 1.165) is 0 Å². The minimum Gasteiger partial charge on any atom is -0.382 e. The van der Waals surface area contributed by atoms with Crippen molar-refractivity contribution in [2.75, 3.05) is 11.1 Å². The van der Waals surface area contributed by atoms with Crippen molar-refractivity contribution in [3.63, 3.8) is 0 Å². The number of hydrogen-bond donors (Lipinski definition) is 2. The summed E-state index contributed by atoms with van der Waals surface area (Å²) in [5, 5.41) is 17.6. The van der Waals surface area contributed by atoms with E-state index in [4.69, 9.17) is 11.0 Å². The lowest BCUT2D eigenvalue weighted by Crippen LogP contribution is -2.19. The lowest BCUT2D eigenvalue weighted by Gasteiger charge is -2.03. The molecule has 2 aromatic heterocycles. The number of nitriles is 1. The Labute approximate surface area is 101 Å². The van der Waals surface area contributed by atoms with Crippen LogP contribution in [-0.2, 0) is 11.3 Å². The molecule has 0 radical (unpaired) electrons. The number of anilines is 2. The van der Waals surface area contributed by atoms with Gasteiger partial charge in [-0.25, -0.2) is 0 Å². The third-order valence-electron chi connectivity index (χ3n) is 2.01. The Bertz CT molecular complexity index is 580. The van der Waals surface area contributed by atoms with Crippen molar-refractivity contribution in [2.24, 2.45) is 0 Å². The zero-order valence-electron chi connectivity index (χ0n) is 8.75. The second-order valence-electron chi connectivity index (χ2n) is 3.26. The third-order valence-corrected chi connectivity index (χ3v) is 2.84. The van der Waals surface area contributed by atoms with E-state index < -0.39 is 0 Å². The third kappa shape index (κ3) is 2.62. The summed E-state index contributed by atoms with van der Waals surface area (Å²) >= 11 is 1.31. The molecule has 2 rings (SSSR count). The first-order valence-corrected chi connectivity index (χ1v) is 5.63. The molecule has 2 aromatic rings. The van der Waals surface area contributed by atoms with Crippen LogP contribution in [-0.4, -0.2) is 15.7 Å². The Kier molecular flexibility index (Phi) is 3.07. The first kappa shape index (κ1) is 11.2. The molecule has 0 fully saturated rings. The molecule has 0 spiro atoms. The maximum Gasteiger partial charge on any atom is 0.246 e. The summed E-state index contributed by atoms with van der Waals surface area (Å²) < 4.78 is 1.43. The van der Waals surface area contributed by atoms with Gasteiger partial charge >= 0.3 is 0 Å². The van der Waals surface area contributed by atoms with E-state index in [0.29, 0.717) is 16.4 Å². The van der Waals surface area contributed by atoms with Crippen molar-refractivity contribution in [1.82, 2.24) is 9.78 Å². The first-order valence-electron chi connectivity index (χ1n) is 4.75. The number of nitrogen functional groups attached to an aromatic ring is 1. The summed E-state index contributed by atoms with van der Waals surface area (Å²) in [7, 11) is 0. The molecule has 86 valence electrons. The number of rotatable bonds is 3. The maximum atomic E-state index is 11.6. The second kappa shape index (κ2) is 4.67. The van der Waals surface area contributed by atoms with Gasteiger partial charge in [0.25, 0.3) is 0 Å². The number of nitrogens with two attached hydrogens (primary N) is 1. The highest BCUT2D eigenvalue weighted by Gasteiger charge is 2.09. The zero-order chi connectivity index (χ0) is 12.3. The number of amides is 1. The molecule has 0 aromatic carbocycles. The van der Waals surface area contributed by atoms with Gasteiger partial charge in [0.1, 0.15) is 23.4 Å². The van der Waals surface area contributed by atoms with Crippen LogP contribution in [0.4, 0.5) is 10.8 Å². The van der Waals surface area contributed by atoms with Gasteiger partial charge in [-0.05, 0) is 17.5 Å². The molecule has 2 heterocycles. The van der Waals surface area contributed by atoms with E-state index >= 15 is 0 Å². The van der Waals surface area contributed by atoms with Gasteiger partial charge < -0.3 is 11.1 Å². The van der Waals surface area contributed by atoms with Crippen molar-refractivity contribution in [2.45, 2.75) is 6.54 Å². The van der Waals surface area contributed by atoms with Crippen molar-refractivity contribution >= 4 is 28.1 Å². The molecule has 0 bridgehead atoms. The summed E-state index contributed by atoms with van der Waals surface area (Å²) in [6, 6.07) is 5.27. The fraction of sp³-hybridized carbons (Fsp3) is 0.100. The quantitative estimate of drug-likeness (QED) is 0.846. The lowest BCUT2D eigenvalue weighted by atomic mass is 10.3. The van der Waals surface area contributed by atoms with Crippen LogP contribution in [0.1, 0.15) is 5.56 Å². The predicted molar refractivity (Wildman–Crippen MR) is 64.3 cm³/mol. The van der Waals surface area contributed by atoms with Gasteiger partial charge in [0.05, 0.1) is 5.56 Å². The Balaban J connectivity index is 2.01. The minimum absolute atomic E-state index is 0.0694. The SMILES string of the molecule is N#Cc1ccsc1NC(=O)Cn1ccc(N)n1. The fourth-order valence-electron chi connectivity index (χ4n) is 1.27. The minimum atomic E-state index is -0.243. The number of carbonyl (C=O) groups is 1. The standard InChI is InChI=1S/C10H9N5OS/c11-5-7-2-4-17-10(7)13-9(16)6-15-3-1-8(12)14-15/h1-4H,6H2,(H2,12,14)(H,13,16). The average Bonchev–Trinajstić information content (AvgIpc) is 2.87. The van der Waals surface area contributed by atoms with E-state index in [9.17, 15) is 4.79 Å². The smallest absolute Gasteiger partial charge is 0.246 e. The average molecular weight is 247 g/mol. The van der Waals surface area contributed by atoms with E-state index in [1.54, 1.807) is 23.7 Å². The van der Waals surface area contributed by atoms with Crippen molar-refractivity contribution in [1.29, 1.82) is 5.26 Å². The summed E-state index contributed by atoms with van der Waals surface area (Å²) in [5.41, 5.74) is 5.89. The van der Waals surface area contributed by atoms with E-state index in [2.05, 4.69) is 10.4 Å². The van der Waals surface area contributed by atoms with Crippen molar-refractivity contribution in [3.05, 3.63) is 29.3 Å². The predicted octanol–water partition coefficient (Wildman–Crippen LogP) is 1.04. The van der Waals surface area contributed by atoms with Gasteiger partial charge in [0.15, 0.2) is 0 Å². The van der Waals surface area contributed by atoms with E-state index in [-0.39, 0.29) is 12.5 Å². The largest absolute Gasteiger partial charge is 0.382 e. The molecule has 0 aliphatic rings. The number of nitrogens with one attached hydrogen (secondary N) is 1. The summed E-state index contributed by atoms with van der Waals surface area (Å²) in [4.78, 5) is 11.6. The number of aromatic nitrogens is 2. The van der Waals surface area contributed by atoms with Gasteiger partial charge in [0.2, 0.25) is 5.91 Å². The number of hydrogen-bond acceptors (Lipinski definition) is 5. The number of carbonyl (C=O) groups excluding carboxylic acids is 1. The highest BCUT2D eigenvalue weighted by Crippen LogP contribution is 2.21. The van der Waals surface area contributed by atoms with Crippen LogP contribution < -0.4 is 11.1 Å². The van der Waals surface area contributed by atoms with Gasteiger partial charge in [-0.15, -0.1) is 11.3 Å². The summed E-state index contributed by atoms with van der Waals surface area (Å²) in [6.07, 6.45) is 1.62. The van der Waals surface area contributed by atoms with Gasteiger partial charge in [-0.2, -0.15) is 10.4 Å². The van der Waals surface area contributed by atoms with Crippen LogP contribution in [0.3, 0.4) is 0 Å². The molecule has 17 heavy (non-hydrogen) atoms. The Hall–Kier alpha value is -2.33. The molecule has 0 aliphatic heterocycles. The molecule has 0 saturated heterocycles. The van der Waals surface area contributed by atoms with Crippen molar-refractivity contribution in [3.8, 4) is 6.07 Å². The first-order chi connectivity index (χ1) is 8.19. The van der Waals surface area contributed by atoms with E-state index in [1.807, 2.05) is 6.07 Å². The number of nitrogens with zero attached hydrogens (tertiary/aromatic N) is 3. The Morgan fingerprint density at radius 3 is 3.12 bits per heavy atom. The number of thiophene rings is 1. The normalized spacial score (nSPS) is 9.82. The monoisotopic (exact) mass is 247 g/mol. The molecule has 3 N–H and O–H groups in total. The highest BCUT2D eigenvalue weighted by molar-refractivity contribution is 7.14. The Morgan fingerprint density at radius 2 is 2.47 bits per heavy atom. The van der Waals surface area contributed by atoms with E-state index in [1.165, 1.54) is 16.0 Å². The molecule has 0 unspecified atom stereocenters. The van der Waals surface area contributed by atoms with Crippen LogP contribution in [0.2, 0.25) is 0 Å². The van der Waals surface area contributed by atoms with Crippen LogP contribution in [0.25, 0.3) is 0 Å². The highest BCUT2D eigenvalue weighted by atomic mass is 32.1. The zero-order valence-corrected chi connectivity index (χ0v) is 9.57. The molecule has 1 amide bonds. The van der Waals surface area contributed by atoms with Crippen molar-refractivity contribution < 1.29 is 4.79 Å². The molecule has 0 saturated carbocycles. The van der Waals surface area contributed by atoms with Crippen LogP contribution in [0.15, 0.2) is 23.7 Å².